The van der Waals surface area contributed by atoms with E-state index in [1.54, 1.807) is 24.3 Å². The fourth-order valence-electron chi connectivity index (χ4n) is 3.61. The highest BCUT2D eigenvalue weighted by molar-refractivity contribution is 8.00. The summed E-state index contributed by atoms with van der Waals surface area (Å²) in [5, 5.41) is 15.7. The number of benzene rings is 1. The number of para-hydroxylation sites is 1. The van der Waals surface area contributed by atoms with E-state index in [-0.39, 0.29) is 34.6 Å². The fourth-order valence-corrected chi connectivity index (χ4v) is 4.38. The Bertz CT molecular complexity index is 950. The Balaban J connectivity index is 1.62. The number of rotatable bonds is 6. The number of nitrogen functional groups attached to an aromatic ring is 1. The van der Waals surface area contributed by atoms with Crippen LogP contribution in [0.2, 0.25) is 0 Å². The van der Waals surface area contributed by atoms with Crippen LogP contribution in [-0.4, -0.2) is 28.6 Å². The van der Waals surface area contributed by atoms with Crippen LogP contribution in [0.5, 0.6) is 0 Å². The fraction of sp³-hybridized carbons (Fsp3) is 0.391. The lowest BCUT2D eigenvalue weighted by Gasteiger charge is -2.21. The van der Waals surface area contributed by atoms with E-state index in [0.717, 1.165) is 37.4 Å². The van der Waals surface area contributed by atoms with Gasteiger partial charge in [-0.3, -0.25) is 9.59 Å². The minimum atomic E-state index is -0.439. The van der Waals surface area contributed by atoms with Crippen LogP contribution < -0.4 is 16.4 Å². The molecule has 1 aromatic carbocycles. The molecule has 8 heteroatoms. The van der Waals surface area contributed by atoms with Crippen LogP contribution >= 0.6 is 11.8 Å². The zero-order chi connectivity index (χ0) is 22.1. The number of aromatic nitrogens is 1. The van der Waals surface area contributed by atoms with Crippen molar-refractivity contribution in [2.24, 2.45) is 0 Å². The number of hydrogen-bond acceptors (Lipinski definition) is 6. The lowest BCUT2D eigenvalue weighted by atomic mass is 9.97. The minimum Gasteiger partial charge on any atom is -0.383 e. The molecule has 3 rings (SSSR count). The normalized spacial score (nSPS) is 14.7. The molecule has 0 radical (unpaired) electrons. The standard InChI is InChI=1S/C23H27N5O2S/c24-14-16-13-19(22(30)27-18-11-7-4-8-12-18)21(25)28-23(16)31-15-20(29)26-17-9-5-2-1-3-6-10-17/h4,7-8,11-13,17H,1-3,5-6,9-10,15H2,(H2,25,28)(H,26,29)(H,27,30). The summed E-state index contributed by atoms with van der Waals surface area (Å²) >= 11 is 1.16. The number of hydrogen-bond donors (Lipinski definition) is 3. The predicted octanol–water partition coefficient (Wildman–Crippen LogP) is 4.11. The highest BCUT2D eigenvalue weighted by atomic mass is 32.2. The van der Waals surface area contributed by atoms with Gasteiger partial charge in [0.2, 0.25) is 5.91 Å². The monoisotopic (exact) mass is 437 g/mol. The van der Waals surface area contributed by atoms with Crippen molar-refractivity contribution in [2.45, 2.75) is 56.0 Å². The first-order chi connectivity index (χ1) is 15.1. The van der Waals surface area contributed by atoms with Crippen LogP contribution in [0.1, 0.15) is 60.9 Å². The largest absolute Gasteiger partial charge is 0.383 e. The summed E-state index contributed by atoms with van der Waals surface area (Å²) in [6.07, 6.45) is 8.02. The zero-order valence-corrected chi connectivity index (χ0v) is 18.2. The molecular formula is C23H27N5O2S. The third kappa shape index (κ3) is 6.72. The van der Waals surface area contributed by atoms with Crippen LogP contribution in [-0.2, 0) is 4.79 Å². The second-order valence-electron chi connectivity index (χ2n) is 7.60. The molecular weight excluding hydrogens is 410 g/mol. The van der Waals surface area contributed by atoms with Crippen LogP contribution in [0.3, 0.4) is 0 Å². The van der Waals surface area contributed by atoms with Crippen molar-refractivity contribution in [3.63, 3.8) is 0 Å². The Morgan fingerprint density at radius 3 is 2.48 bits per heavy atom. The number of nitriles is 1. The van der Waals surface area contributed by atoms with E-state index in [0.29, 0.717) is 10.7 Å². The number of amides is 2. The summed E-state index contributed by atoms with van der Waals surface area (Å²) in [4.78, 5) is 29.2. The van der Waals surface area contributed by atoms with E-state index in [1.165, 1.54) is 25.3 Å². The Kier molecular flexibility index (Phi) is 8.30. The van der Waals surface area contributed by atoms with Crippen molar-refractivity contribution < 1.29 is 9.59 Å². The van der Waals surface area contributed by atoms with Crippen LogP contribution in [0.25, 0.3) is 0 Å². The van der Waals surface area contributed by atoms with E-state index in [4.69, 9.17) is 5.73 Å². The first-order valence-corrected chi connectivity index (χ1v) is 11.5. The number of thioether (sulfide) groups is 1. The van der Waals surface area contributed by atoms with Gasteiger partial charge in [0, 0.05) is 11.7 Å². The molecule has 0 aliphatic heterocycles. The third-order valence-corrected chi connectivity index (χ3v) is 6.22. The van der Waals surface area contributed by atoms with E-state index in [1.807, 2.05) is 6.07 Å². The molecule has 0 spiro atoms. The van der Waals surface area contributed by atoms with Crippen molar-refractivity contribution >= 4 is 35.1 Å². The van der Waals surface area contributed by atoms with E-state index in [2.05, 4.69) is 21.7 Å². The number of anilines is 2. The summed E-state index contributed by atoms with van der Waals surface area (Å²) in [5.41, 5.74) is 6.96. The number of nitrogens with one attached hydrogen (secondary N) is 2. The lowest BCUT2D eigenvalue weighted by Crippen LogP contribution is -2.36. The van der Waals surface area contributed by atoms with Crippen molar-refractivity contribution in [1.29, 1.82) is 5.26 Å². The molecule has 0 bridgehead atoms. The summed E-state index contributed by atoms with van der Waals surface area (Å²) < 4.78 is 0. The van der Waals surface area contributed by atoms with Gasteiger partial charge in [-0.15, -0.1) is 0 Å². The van der Waals surface area contributed by atoms with E-state index >= 15 is 0 Å². The summed E-state index contributed by atoms with van der Waals surface area (Å²) in [7, 11) is 0. The molecule has 0 atom stereocenters. The van der Waals surface area contributed by atoms with Gasteiger partial charge in [-0.1, -0.05) is 62.1 Å². The molecule has 4 N–H and O–H groups in total. The predicted molar refractivity (Wildman–Crippen MR) is 123 cm³/mol. The average molecular weight is 438 g/mol. The smallest absolute Gasteiger partial charge is 0.259 e. The first kappa shape index (κ1) is 22.6. The quantitative estimate of drug-likeness (QED) is 0.585. The Morgan fingerprint density at radius 2 is 1.81 bits per heavy atom. The molecule has 0 saturated heterocycles. The van der Waals surface area contributed by atoms with Gasteiger partial charge < -0.3 is 16.4 Å². The minimum absolute atomic E-state index is 0.0235. The lowest BCUT2D eigenvalue weighted by molar-refractivity contribution is -0.119. The Hall–Kier alpha value is -3.05. The Labute approximate surface area is 186 Å². The number of carbonyl (C=O) groups is 2. The maximum absolute atomic E-state index is 12.5. The second-order valence-corrected chi connectivity index (χ2v) is 8.57. The number of pyridine rings is 1. The molecule has 31 heavy (non-hydrogen) atoms. The summed E-state index contributed by atoms with van der Waals surface area (Å²) in [6.45, 7) is 0. The van der Waals surface area contributed by atoms with Crippen molar-refractivity contribution in [3.05, 3.63) is 47.5 Å². The van der Waals surface area contributed by atoms with E-state index < -0.39 is 5.91 Å². The number of nitrogens with two attached hydrogens (primary N) is 1. The average Bonchev–Trinajstić information content (AvgIpc) is 2.74. The highest BCUT2D eigenvalue weighted by Crippen LogP contribution is 2.25. The molecule has 162 valence electrons. The first-order valence-electron chi connectivity index (χ1n) is 10.6. The van der Waals surface area contributed by atoms with Crippen molar-refractivity contribution in [1.82, 2.24) is 10.3 Å². The number of carbonyl (C=O) groups excluding carboxylic acids is 2. The zero-order valence-electron chi connectivity index (χ0n) is 17.4. The topological polar surface area (TPSA) is 121 Å². The van der Waals surface area contributed by atoms with Crippen LogP contribution in [0.4, 0.5) is 11.5 Å². The number of nitrogens with zero attached hydrogens (tertiary/aromatic N) is 2. The maximum Gasteiger partial charge on any atom is 0.259 e. The molecule has 1 aliphatic rings. The molecule has 1 fully saturated rings. The van der Waals surface area contributed by atoms with Gasteiger partial charge in [0.15, 0.2) is 0 Å². The van der Waals surface area contributed by atoms with E-state index in [9.17, 15) is 14.9 Å². The molecule has 1 aromatic heterocycles. The van der Waals surface area contributed by atoms with Gasteiger partial charge in [0.05, 0.1) is 16.9 Å². The van der Waals surface area contributed by atoms with Gasteiger partial charge in [-0.2, -0.15) is 5.26 Å². The molecule has 7 nitrogen and oxygen atoms in total. The molecule has 1 aliphatic carbocycles. The molecule has 1 heterocycles. The van der Waals surface area contributed by atoms with Gasteiger partial charge >= 0.3 is 0 Å². The maximum atomic E-state index is 12.5. The summed E-state index contributed by atoms with van der Waals surface area (Å²) in [6, 6.07) is 12.7. The summed E-state index contributed by atoms with van der Waals surface area (Å²) in [5.74, 6) is -0.347. The van der Waals surface area contributed by atoms with Gasteiger partial charge in [-0.25, -0.2) is 4.98 Å². The third-order valence-electron chi connectivity index (χ3n) is 5.22. The molecule has 2 aromatic rings. The van der Waals surface area contributed by atoms with Gasteiger partial charge in [0.1, 0.15) is 16.9 Å². The van der Waals surface area contributed by atoms with Crippen molar-refractivity contribution in [2.75, 3.05) is 16.8 Å². The molecule has 1 saturated carbocycles. The van der Waals surface area contributed by atoms with Crippen molar-refractivity contribution in [3.8, 4) is 6.07 Å². The van der Waals surface area contributed by atoms with Crippen LogP contribution in [0.15, 0.2) is 41.4 Å². The van der Waals surface area contributed by atoms with Crippen LogP contribution in [0, 0.1) is 11.3 Å². The second kappa shape index (κ2) is 11.4. The Morgan fingerprint density at radius 1 is 1.13 bits per heavy atom. The SMILES string of the molecule is N#Cc1cc(C(=O)Nc2ccccc2)c(N)nc1SCC(=O)NC1CCCCCCC1. The molecule has 0 unspecified atom stereocenters. The van der Waals surface area contributed by atoms with Gasteiger partial charge in [-0.05, 0) is 31.0 Å². The highest BCUT2D eigenvalue weighted by Gasteiger charge is 2.18. The van der Waals surface area contributed by atoms with Gasteiger partial charge in [0.25, 0.3) is 5.91 Å². The molecule has 2 amide bonds.